The van der Waals surface area contributed by atoms with Gasteiger partial charge in [0.05, 0.1) is 21.3 Å². The SMILES string of the molecule is COc1cccc(OC)c1N1CCN(C(=S)Nc2cc(C)c(C)nc2OC)CC1. The van der Waals surface area contributed by atoms with Crippen LogP contribution in [0.15, 0.2) is 24.3 Å². The second-order valence-electron chi connectivity index (χ2n) is 6.86. The van der Waals surface area contributed by atoms with E-state index in [4.69, 9.17) is 26.4 Å². The third kappa shape index (κ3) is 4.48. The second kappa shape index (κ2) is 9.17. The molecule has 0 amide bonds. The first-order chi connectivity index (χ1) is 14.0. The average Bonchev–Trinajstić information content (AvgIpc) is 2.75. The first-order valence-corrected chi connectivity index (χ1v) is 9.93. The Bertz CT molecular complexity index is 860. The molecule has 8 heteroatoms. The number of hydrogen-bond donors (Lipinski definition) is 1. The van der Waals surface area contributed by atoms with E-state index in [2.05, 4.69) is 20.1 Å². The molecule has 0 bridgehead atoms. The van der Waals surface area contributed by atoms with Gasteiger partial charge < -0.3 is 29.3 Å². The van der Waals surface area contributed by atoms with E-state index in [1.807, 2.05) is 38.1 Å². The molecule has 0 radical (unpaired) electrons. The number of para-hydroxylation sites is 1. The van der Waals surface area contributed by atoms with Gasteiger partial charge in [0.25, 0.3) is 0 Å². The van der Waals surface area contributed by atoms with Crippen LogP contribution in [-0.4, -0.2) is 62.5 Å². The third-order valence-electron chi connectivity index (χ3n) is 5.15. The van der Waals surface area contributed by atoms with E-state index in [0.717, 1.165) is 60.3 Å². The lowest BCUT2D eigenvalue weighted by Crippen LogP contribution is -2.50. The summed E-state index contributed by atoms with van der Waals surface area (Å²) in [6.45, 7) is 7.17. The molecule has 1 aromatic carbocycles. The van der Waals surface area contributed by atoms with Gasteiger partial charge in [-0.2, -0.15) is 0 Å². The van der Waals surface area contributed by atoms with Crippen molar-refractivity contribution in [1.29, 1.82) is 0 Å². The highest BCUT2D eigenvalue weighted by Gasteiger charge is 2.24. The zero-order valence-corrected chi connectivity index (χ0v) is 18.4. The first kappa shape index (κ1) is 21.0. The topological polar surface area (TPSA) is 59.1 Å². The van der Waals surface area contributed by atoms with E-state index in [1.54, 1.807) is 21.3 Å². The zero-order chi connectivity index (χ0) is 21.0. The molecule has 3 rings (SSSR count). The summed E-state index contributed by atoms with van der Waals surface area (Å²) in [6.07, 6.45) is 0. The van der Waals surface area contributed by atoms with Crippen molar-refractivity contribution in [1.82, 2.24) is 9.88 Å². The van der Waals surface area contributed by atoms with Crippen LogP contribution in [0.3, 0.4) is 0 Å². The van der Waals surface area contributed by atoms with Gasteiger partial charge in [0.2, 0.25) is 5.88 Å². The quantitative estimate of drug-likeness (QED) is 0.746. The van der Waals surface area contributed by atoms with E-state index >= 15 is 0 Å². The van der Waals surface area contributed by atoms with Crippen molar-refractivity contribution >= 4 is 28.7 Å². The van der Waals surface area contributed by atoms with Crippen LogP contribution in [0.25, 0.3) is 0 Å². The van der Waals surface area contributed by atoms with E-state index in [0.29, 0.717) is 11.0 Å². The van der Waals surface area contributed by atoms with Crippen molar-refractivity contribution in [3.63, 3.8) is 0 Å². The normalized spacial score (nSPS) is 13.8. The summed E-state index contributed by atoms with van der Waals surface area (Å²) < 4.78 is 16.5. The van der Waals surface area contributed by atoms with Crippen molar-refractivity contribution in [2.45, 2.75) is 13.8 Å². The maximum absolute atomic E-state index is 5.66. The van der Waals surface area contributed by atoms with Crippen LogP contribution < -0.4 is 24.4 Å². The van der Waals surface area contributed by atoms with Crippen LogP contribution in [0, 0.1) is 13.8 Å². The van der Waals surface area contributed by atoms with Gasteiger partial charge >= 0.3 is 0 Å². The summed E-state index contributed by atoms with van der Waals surface area (Å²) in [5, 5.41) is 3.97. The molecule has 0 atom stereocenters. The molecule has 1 aliphatic heterocycles. The monoisotopic (exact) mass is 416 g/mol. The Kier molecular flexibility index (Phi) is 6.64. The minimum absolute atomic E-state index is 0.549. The summed E-state index contributed by atoms with van der Waals surface area (Å²) >= 11 is 5.66. The van der Waals surface area contributed by atoms with E-state index in [-0.39, 0.29) is 0 Å². The molecule has 7 nitrogen and oxygen atoms in total. The van der Waals surface area contributed by atoms with Crippen molar-refractivity contribution < 1.29 is 14.2 Å². The molecule has 2 aromatic rings. The molecule has 29 heavy (non-hydrogen) atoms. The van der Waals surface area contributed by atoms with Gasteiger partial charge in [-0.25, -0.2) is 4.98 Å². The highest BCUT2D eigenvalue weighted by Crippen LogP contribution is 2.38. The Hall–Kier alpha value is -2.74. The Morgan fingerprint density at radius 1 is 1.00 bits per heavy atom. The number of ether oxygens (including phenoxy) is 3. The molecular weight excluding hydrogens is 388 g/mol. The maximum atomic E-state index is 5.66. The van der Waals surface area contributed by atoms with Crippen LogP contribution in [-0.2, 0) is 0 Å². The predicted molar refractivity (Wildman–Crippen MR) is 120 cm³/mol. The van der Waals surface area contributed by atoms with Gasteiger partial charge in [-0.3, -0.25) is 0 Å². The molecule has 156 valence electrons. The van der Waals surface area contributed by atoms with Gasteiger partial charge in [0.15, 0.2) is 5.11 Å². The Morgan fingerprint density at radius 2 is 1.62 bits per heavy atom. The van der Waals surface area contributed by atoms with Crippen LogP contribution in [0.4, 0.5) is 11.4 Å². The van der Waals surface area contributed by atoms with Gasteiger partial charge in [-0.1, -0.05) is 6.07 Å². The molecule has 2 heterocycles. The fourth-order valence-electron chi connectivity index (χ4n) is 3.40. The standard InChI is InChI=1S/C21H28N4O3S/c1-14-13-16(20(28-5)22-15(14)2)23-21(29)25-11-9-24(10-12-25)19-17(26-3)7-6-8-18(19)27-4/h6-8,13H,9-12H2,1-5H3,(H,23,29). The summed E-state index contributed by atoms with van der Waals surface area (Å²) in [6, 6.07) is 7.86. The number of hydrogen-bond acceptors (Lipinski definition) is 6. The summed E-state index contributed by atoms with van der Waals surface area (Å²) in [5.74, 6) is 2.17. The Morgan fingerprint density at radius 3 is 2.17 bits per heavy atom. The fourth-order valence-corrected chi connectivity index (χ4v) is 3.69. The molecule has 0 unspecified atom stereocenters. The average molecular weight is 417 g/mol. The van der Waals surface area contributed by atoms with Crippen molar-refractivity contribution in [3.8, 4) is 17.4 Å². The number of benzene rings is 1. The summed E-state index contributed by atoms with van der Waals surface area (Å²) in [7, 11) is 4.97. The molecule has 1 saturated heterocycles. The number of rotatable bonds is 5. The van der Waals surface area contributed by atoms with Crippen LogP contribution in [0.1, 0.15) is 11.3 Å². The smallest absolute Gasteiger partial charge is 0.237 e. The van der Waals surface area contributed by atoms with Gasteiger partial charge in [0, 0.05) is 31.9 Å². The number of aromatic nitrogens is 1. The second-order valence-corrected chi connectivity index (χ2v) is 7.25. The van der Waals surface area contributed by atoms with Gasteiger partial charge in [-0.05, 0) is 49.8 Å². The first-order valence-electron chi connectivity index (χ1n) is 9.52. The minimum Gasteiger partial charge on any atom is -0.494 e. The summed E-state index contributed by atoms with van der Waals surface area (Å²) in [4.78, 5) is 8.91. The van der Waals surface area contributed by atoms with Crippen LogP contribution in [0.5, 0.6) is 17.4 Å². The number of thiocarbonyl (C=S) groups is 1. The Balaban J connectivity index is 1.69. The highest BCUT2D eigenvalue weighted by atomic mass is 32.1. The predicted octanol–water partition coefficient (Wildman–Crippen LogP) is 3.24. The molecule has 1 aromatic heterocycles. The molecule has 0 spiro atoms. The van der Waals surface area contributed by atoms with E-state index in [9.17, 15) is 0 Å². The Labute approximate surface area is 177 Å². The number of nitrogens with zero attached hydrogens (tertiary/aromatic N) is 3. The van der Waals surface area contributed by atoms with Crippen molar-refractivity contribution in [2.24, 2.45) is 0 Å². The number of anilines is 2. The lowest BCUT2D eigenvalue weighted by molar-refractivity contribution is 0.369. The minimum atomic E-state index is 0.549. The summed E-state index contributed by atoms with van der Waals surface area (Å²) in [5.41, 5.74) is 3.80. The number of piperazine rings is 1. The molecule has 1 fully saturated rings. The van der Waals surface area contributed by atoms with Crippen LogP contribution in [0.2, 0.25) is 0 Å². The maximum Gasteiger partial charge on any atom is 0.237 e. The van der Waals surface area contributed by atoms with Crippen molar-refractivity contribution in [3.05, 3.63) is 35.5 Å². The molecular formula is C21H28N4O3S. The zero-order valence-electron chi connectivity index (χ0n) is 17.6. The lowest BCUT2D eigenvalue weighted by Gasteiger charge is -2.38. The molecule has 1 N–H and O–H groups in total. The van der Waals surface area contributed by atoms with E-state index < -0.39 is 0 Å². The fraction of sp³-hybridized carbons (Fsp3) is 0.429. The highest BCUT2D eigenvalue weighted by molar-refractivity contribution is 7.80. The third-order valence-corrected chi connectivity index (χ3v) is 5.51. The van der Waals surface area contributed by atoms with Crippen LogP contribution >= 0.6 is 12.2 Å². The van der Waals surface area contributed by atoms with E-state index in [1.165, 1.54) is 0 Å². The number of methoxy groups -OCH3 is 3. The number of nitrogens with one attached hydrogen (secondary N) is 1. The largest absolute Gasteiger partial charge is 0.494 e. The lowest BCUT2D eigenvalue weighted by atomic mass is 10.2. The van der Waals surface area contributed by atoms with Gasteiger partial charge in [-0.15, -0.1) is 0 Å². The number of aryl methyl sites for hydroxylation is 2. The van der Waals surface area contributed by atoms with Gasteiger partial charge in [0.1, 0.15) is 22.9 Å². The molecule has 0 saturated carbocycles. The molecule has 1 aliphatic rings. The number of pyridine rings is 1. The molecule has 0 aliphatic carbocycles. The van der Waals surface area contributed by atoms with Crippen molar-refractivity contribution in [2.75, 3.05) is 57.7 Å².